The lowest BCUT2D eigenvalue weighted by molar-refractivity contribution is -0.121. The molecule has 1 rings (SSSR count). The van der Waals surface area contributed by atoms with Crippen LogP contribution in [0.4, 0.5) is 5.69 Å². The molecule has 0 heterocycles. The van der Waals surface area contributed by atoms with Crippen LogP contribution >= 0.6 is 0 Å². The standard InChI is InChI=1S/C19H26N2O3/c1-2-16-10-12-17(13-11-16)21-19(24)9-7-8-18(23)20-14-5-3-4-6-15-22/h1,10-13,22H,3-9,14-15H2,(H,20,23)(H,21,24). The maximum absolute atomic E-state index is 11.8. The predicted octanol–water partition coefficient (Wildman–Crippen LogP) is 2.45. The fraction of sp³-hybridized carbons (Fsp3) is 0.474. The van der Waals surface area contributed by atoms with Gasteiger partial charge >= 0.3 is 0 Å². The number of benzene rings is 1. The number of amides is 2. The second-order valence-electron chi connectivity index (χ2n) is 5.61. The van der Waals surface area contributed by atoms with Crippen LogP contribution in [0.15, 0.2) is 24.3 Å². The molecule has 5 nitrogen and oxygen atoms in total. The molecule has 0 aliphatic heterocycles. The summed E-state index contributed by atoms with van der Waals surface area (Å²) in [6.45, 7) is 0.875. The first-order chi connectivity index (χ1) is 11.7. The highest BCUT2D eigenvalue weighted by Gasteiger charge is 2.05. The van der Waals surface area contributed by atoms with Crippen LogP contribution in [0.2, 0.25) is 0 Å². The lowest BCUT2D eigenvalue weighted by atomic mass is 10.2. The van der Waals surface area contributed by atoms with Crippen molar-refractivity contribution in [2.24, 2.45) is 0 Å². The molecule has 0 atom stereocenters. The minimum Gasteiger partial charge on any atom is -0.396 e. The van der Waals surface area contributed by atoms with Crippen LogP contribution in [0.3, 0.4) is 0 Å². The molecule has 2 amide bonds. The number of aliphatic hydroxyl groups is 1. The maximum Gasteiger partial charge on any atom is 0.224 e. The van der Waals surface area contributed by atoms with E-state index in [0.717, 1.165) is 31.2 Å². The van der Waals surface area contributed by atoms with E-state index in [1.54, 1.807) is 24.3 Å². The molecule has 0 spiro atoms. The first kappa shape index (κ1) is 19.7. The Balaban J connectivity index is 2.09. The zero-order chi connectivity index (χ0) is 17.6. The summed E-state index contributed by atoms with van der Waals surface area (Å²) in [5, 5.41) is 14.3. The molecule has 0 radical (unpaired) electrons. The van der Waals surface area contributed by atoms with Gasteiger partial charge in [0.05, 0.1) is 0 Å². The Hall–Kier alpha value is -2.32. The summed E-state index contributed by atoms with van der Waals surface area (Å²) in [4.78, 5) is 23.4. The second-order valence-corrected chi connectivity index (χ2v) is 5.61. The van der Waals surface area contributed by atoms with E-state index in [1.165, 1.54) is 0 Å². The van der Waals surface area contributed by atoms with Gasteiger partial charge in [0.15, 0.2) is 0 Å². The minimum absolute atomic E-state index is 0.0247. The molecule has 0 aliphatic rings. The van der Waals surface area contributed by atoms with Crippen molar-refractivity contribution in [2.45, 2.75) is 44.9 Å². The smallest absolute Gasteiger partial charge is 0.224 e. The van der Waals surface area contributed by atoms with Gasteiger partial charge in [-0.15, -0.1) is 6.42 Å². The van der Waals surface area contributed by atoms with Crippen molar-refractivity contribution < 1.29 is 14.7 Å². The van der Waals surface area contributed by atoms with Crippen molar-refractivity contribution in [3.05, 3.63) is 29.8 Å². The third-order valence-corrected chi connectivity index (χ3v) is 3.55. The SMILES string of the molecule is C#Cc1ccc(NC(=O)CCCC(=O)NCCCCCCO)cc1. The van der Waals surface area contributed by atoms with Gasteiger partial charge in [0.2, 0.25) is 11.8 Å². The lowest BCUT2D eigenvalue weighted by Gasteiger charge is -2.06. The topological polar surface area (TPSA) is 78.4 Å². The van der Waals surface area contributed by atoms with Crippen LogP contribution in [-0.4, -0.2) is 30.1 Å². The monoisotopic (exact) mass is 330 g/mol. The zero-order valence-electron chi connectivity index (χ0n) is 14.0. The quantitative estimate of drug-likeness (QED) is 0.431. The second kappa shape index (κ2) is 12.1. The number of carbonyl (C=O) groups is 2. The largest absolute Gasteiger partial charge is 0.396 e. The first-order valence-electron chi connectivity index (χ1n) is 8.40. The molecular weight excluding hydrogens is 304 g/mol. The van der Waals surface area contributed by atoms with Crippen molar-refractivity contribution in [1.82, 2.24) is 5.32 Å². The molecule has 5 heteroatoms. The van der Waals surface area contributed by atoms with Crippen LogP contribution in [0, 0.1) is 12.3 Å². The highest BCUT2D eigenvalue weighted by molar-refractivity contribution is 5.91. The molecular formula is C19H26N2O3. The van der Waals surface area contributed by atoms with Gasteiger partial charge in [0, 0.05) is 37.2 Å². The molecule has 0 saturated carbocycles. The van der Waals surface area contributed by atoms with E-state index in [0.29, 0.717) is 31.5 Å². The van der Waals surface area contributed by atoms with E-state index in [9.17, 15) is 9.59 Å². The van der Waals surface area contributed by atoms with Crippen LogP contribution in [0.1, 0.15) is 50.5 Å². The molecule has 1 aromatic rings. The van der Waals surface area contributed by atoms with Crippen LogP contribution in [0.5, 0.6) is 0 Å². The van der Waals surface area contributed by atoms with Gasteiger partial charge < -0.3 is 15.7 Å². The Morgan fingerprint density at radius 1 is 0.958 bits per heavy atom. The average molecular weight is 330 g/mol. The number of nitrogens with one attached hydrogen (secondary N) is 2. The van der Waals surface area contributed by atoms with Gasteiger partial charge in [0.1, 0.15) is 0 Å². The van der Waals surface area contributed by atoms with E-state index in [-0.39, 0.29) is 18.4 Å². The number of carbonyl (C=O) groups excluding carboxylic acids is 2. The highest BCUT2D eigenvalue weighted by atomic mass is 16.3. The third-order valence-electron chi connectivity index (χ3n) is 3.55. The average Bonchev–Trinajstić information content (AvgIpc) is 2.58. The minimum atomic E-state index is -0.111. The van der Waals surface area contributed by atoms with Crippen molar-refractivity contribution in [3.63, 3.8) is 0 Å². The Kier molecular flexibility index (Phi) is 9.98. The van der Waals surface area contributed by atoms with Crippen molar-refractivity contribution in [3.8, 4) is 12.3 Å². The summed E-state index contributed by atoms with van der Waals surface area (Å²) in [7, 11) is 0. The molecule has 130 valence electrons. The fourth-order valence-corrected chi connectivity index (χ4v) is 2.19. The van der Waals surface area contributed by atoms with Gasteiger partial charge in [-0.3, -0.25) is 9.59 Å². The maximum atomic E-state index is 11.8. The normalized spacial score (nSPS) is 10.0. The van der Waals surface area contributed by atoms with E-state index in [4.69, 9.17) is 11.5 Å². The molecule has 0 aliphatic carbocycles. The summed E-state index contributed by atoms with van der Waals surface area (Å²) < 4.78 is 0. The van der Waals surface area contributed by atoms with Gasteiger partial charge in [-0.2, -0.15) is 0 Å². The predicted molar refractivity (Wildman–Crippen MR) is 95.4 cm³/mol. The van der Waals surface area contributed by atoms with E-state index >= 15 is 0 Å². The molecule has 0 aromatic heterocycles. The molecule has 3 N–H and O–H groups in total. The number of unbranched alkanes of at least 4 members (excludes halogenated alkanes) is 3. The van der Waals surface area contributed by atoms with Gasteiger partial charge in [-0.05, 0) is 43.5 Å². The van der Waals surface area contributed by atoms with Gasteiger partial charge in [-0.1, -0.05) is 18.8 Å². The van der Waals surface area contributed by atoms with Gasteiger partial charge in [-0.25, -0.2) is 0 Å². The van der Waals surface area contributed by atoms with Crippen molar-refractivity contribution in [2.75, 3.05) is 18.5 Å². The van der Waals surface area contributed by atoms with E-state index < -0.39 is 0 Å². The summed E-state index contributed by atoms with van der Waals surface area (Å²) in [5.41, 5.74) is 1.47. The van der Waals surface area contributed by atoms with E-state index in [1.807, 2.05) is 0 Å². The molecule has 0 unspecified atom stereocenters. The summed E-state index contributed by atoms with van der Waals surface area (Å²) >= 11 is 0. The molecule has 24 heavy (non-hydrogen) atoms. The van der Waals surface area contributed by atoms with Gasteiger partial charge in [0.25, 0.3) is 0 Å². The third kappa shape index (κ3) is 8.96. The number of terminal acetylenes is 1. The van der Waals surface area contributed by atoms with Crippen LogP contribution < -0.4 is 10.6 Å². The zero-order valence-corrected chi connectivity index (χ0v) is 14.0. The Morgan fingerprint density at radius 3 is 2.29 bits per heavy atom. The first-order valence-corrected chi connectivity index (χ1v) is 8.40. The lowest BCUT2D eigenvalue weighted by Crippen LogP contribution is -2.24. The van der Waals surface area contributed by atoms with Crippen molar-refractivity contribution in [1.29, 1.82) is 0 Å². The Morgan fingerprint density at radius 2 is 1.62 bits per heavy atom. The number of aliphatic hydroxyl groups excluding tert-OH is 1. The molecule has 0 saturated heterocycles. The number of anilines is 1. The number of hydrogen-bond acceptors (Lipinski definition) is 3. The summed E-state index contributed by atoms with van der Waals surface area (Å²) in [5.74, 6) is 2.38. The molecule has 0 fully saturated rings. The summed E-state index contributed by atoms with van der Waals surface area (Å²) in [6, 6.07) is 7.06. The summed E-state index contributed by atoms with van der Waals surface area (Å²) in [6.07, 6.45) is 10.2. The van der Waals surface area contributed by atoms with E-state index in [2.05, 4.69) is 16.6 Å². The number of rotatable bonds is 11. The Bertz CT molecular complexity index is 547. The van der Waals surface area contributed by atoms with Crippen LogP contribution in [-0.2, 0) is 9.59 Å². The highest BCUT2D eigenvalue weighted by Crippen LogP contribution is 2.09. The number of hydrogen-bond donors (Lipinski definition) is 3. The fourth-order valence-electron chi connectivity index (χ4n) is 2.19. The Labute approximate surface area is 143 Å². The van der Waals surface area contributed by atoms with Crippen molar-refractivity contribution >= 4 is 17.5 Å². The molecule has 0 bridgehead atoms. The molecule has 1 aromatic carbocycles. The van der Waals surface area contributed by atoms with Crippen LogP contribution in [0.25, 0.3) is 0 Å².